The molecule has 2 fully saturated rings. The molecular formula is C24H24ClF3N6O2. The molecule has 2 aromatic heterocycles. The van der Waals surface area contributed by atoms with Crippen LogP contribution < -0.4 is 25.8 Å². The number of hydrogen-bond donors (Lipinski definition) is 2. The van der Waals surface area contributed by atoms with Crippen molar-refractivity contribution in [1.82, 2.24) is 14.5 Å². The van der Waals surface area contributed by atoms with E-state index in [4.69, 9.17) is 16.3 Å². The van der Waals surface area contributed by atoms with Crippen LogP contribution in [0.5, 0.6) is 5.75 Å². The van der Waals surface area contributed by atoms with Gasteiger partial charge in [-0.15, -0.1) is 0 Å². The molecule has 0 amide bonds. The number of pyridine rings is 1. The molecule has 190 valence electrons. The van der Waals surface area contributed by atoms with Crippen LogP contribution >= 0.6 is 11.6 Å². The van der Waals surface area contributed by atoms with Gasteiger partial charge in [0.1, 0.15) is 10.7 Å². The highest BCUT2D eigenvalue weighted by Gasteiger charge is 2.51. The molecule has 6 rings (SSSR count). The zero-order valence-corrected chi connectivity index (χ0v) is 20.4. The summed E-state index contributed by atoms with van der Waals surface area (Å²) in [6, 6.07) is 4.06. The van der Waals surface area contributed by atoms with Crippen molar-refractivity contribution in [2.24, 2.45) is 13.0 Å². The van der Waals surface area contributed by atoms with Crippen molar-refractivity contribution >= 4 is 45.6 Å². The first-order chi connectivity index (χ1) is 17.0. The first-order valence-electron chi connectivity index (χ1n) is 11.7. The van der Waals surface area contributed by atoms with Crippen molar-refractivity contribution in [2.45, 2.75) is 37.4 Å². The fourth-order valence-electron chi connectivity index (χ4n) is 4.91. The lowest BCUT2D eigenvalue weighted by Gasteiger charge is -2.42. The van der Waals surface area contributed by atoms with Crippen molar-refractivity contribution in [2.75, 3.05) is 35.2 Å². The topological polar surface area (TPSA) is 84.3 Å². The molecule has 2 N–H and O–H groups in total. The molecule has 3 aromatic rings. The molecule has 3 aliphatic rings. The van der Waals surface area contributed by atoms with Crippen molar-refractivity contribution in [3.63, 3.8) is 0 Å². The molecule has 8 nitrogen and oxygen atoms in total. The number of anilines is 4. The minimum absolute atomic E-state index is 0.126. The number of fused-ring (bicyclic) bond motifs is 3. The predicted octanol–water partition coefficient (Wildman–Crippen LogP) is 4.49. The normalized spacial score (nSPS) is 22.2. The van der Waals surface area contributed by atoms with Gasteiger partial charge in [0.15, 0.2) is 12.4 Å². The van der Waals surface area contributed by atoms with E-state index in [0.29, 0.717) is 41.2 Å². The van der Waals surface area contributed by atoms with Gasteiger partial charge in [-0.2, -0.15) is 4.98 Å². The van der Waals surface area contributed by atoms with Crippen LogP contribution in [0, 0.1) is 5.92 Å². The Morgan fingerprint density at radius 3 is 2.69 bits per heavy atom. The third-order valence-corrected chi connectivity index (χ3v) is 7.21. The summed E-state index contributed by atoms with van der Waals surface area (Å²) >= 11 is 6.32. The van der Waals surface area contributed by atoms with Gasteiger partial charge in [0.25, 0.3) is 5.56 Å². The number of halogens is 4. The summed E-state index contributed by atoms with van der Waals surface area (Å²) in [5.41, 5.74) is -0.404. The summed E-state index contributed by atoms with van der Waals surface area (Å²) in [6.45, 7) is 1.03. The molecule has 1 aromatic carbocycles. The fraction of sp³-hybridized carbons (Fsp3) is 0.458. The quantitative estimate of drug-likeness (QED) is 0.524. The summed E-state index contributed by atoms with van der Waals surface area (Å²) < 4.78 is 50.4. The van der Waals surface area contributed by atoms with E-state index >= 15 is 0 Å². The zero-order valence-electron chi connectivity index (χ0n) is 19.6. The second kappa shape index (κ2) is 7.89. The average Bonchev–Trinajstić information content (AvgIpc) is 3.65. The Morgan fingerprint density at radius 2 is 2.00 bits per heavy atom. The van der Waals surface area contributed by atoms with Crippen molar-refractivity contribution in [3.8, 4) is 5.75 Å². The van der Waals surface area contributed by atoms with Crippen LogP contribution in [0.15, 0.2) is 29.2 Å². The van der Waals surface area contributed by atoms with E-state index in [9.17, 15) is 18.0 Å². The third-order valence-electron chi connectivity index (χ3n) is 6.93. The van der Waals surface area contributed by atoms with Crippen LogP contribution in [0.3, 0.4) is 0 Å². The molecule has 12 heteroatoms. The highest BCUT2D eigenvalue weighted by Crippen LogP contribution is 2.45. The monoisotopic (exact) mass is 520 g/mol. The summed E-state index contributed by atoms with van der Waals surface area (Å²) in [5, 5.41) is 6.91. The zero-order chi connectivity index (χ0) is 25.4. The minimum Gasteiger partial charge on any atom is -0.480 e. The Labute approximate surface area is 209 Å². The first-order valence-corrected chi connectivity index (χ1v) is 12.1. The Balaban J connectivity index is 1.40. The molecule has 1 unspecified atom stereocenters. The second-order valence-electron chi connectivity index (χ2n) is 10.1. The second-order valence-corrected chi connectivity index (χ2v) is 10.5. The highest BCUT2D eigenvalue weighted by atomic mass is 35.5. The van der Waals surface area contributed by atoms with Gasteiger partial charge in [0.05, 0.1) is 36.5 Å². The molecule has 1 saturated heterocycles. The maximum Gasteiger partial charge on any atom is 0.301 e. The van der Waals surface area contributed by atoms with Crippen LogP contribution in [0.25, 0.3) is 10.9 Å². The van der Waals surface area contributed by atoms with Gasteiger partial charge in [0, 0.05) is 18.1 Å². The van der Waals surface area contributed by atoms with Crippen LogP contribution in [0.1, 0.15) is 19.8 Å². The predicted molar refractivity (Wildman–Crippen MR) is 132 cm³/mol. The maximum absolute atomic E-state index is 14.8. The molecule has 0 spiro atoms. The van der Waals surface area contributed by atoms with Crippen LogP contribution in [0.4, 0.5) is 36.3 Å². The highest BCUT2D eigenvalue weighted by molar-refractivity contribution is 6.33. The summed E-state index contributed by atoms with van der Waals surface area (Å²) in [5.74, 6) is -2.76. The van der Waals surface area contributed by atoms with Gasteiger partial charge in [-0.25, -0.2) is 18.2 Å². The van der Waals surface area contributed by atoms with E-state index in [2.05, 4.69) is 20.6 Å². The van der Waals surface area contributed by atoms with Crippen LogP contribution in [0.2, 0.25) is 5.02 Å². The number of nitrogens with one attached hydrogen (secondary N) is 2. The van der Waals surface area contributed by atoms with E-state index < -0.39 is 29.8 Å². The Hall–Kier alpha value is -3.21. The standard InChI is InChI=1S/C24H24ClF3N6O2/c1-23(26)9-34(10-23)22-29-8-15(25)20(32-22)30-13-5-6-16-14(7-13)17-18(21(35)33(16)2)36-11-24(27,28)19(31-17)12-3-4-12/h5-8,12,19,31H,3-4,9-11H2,1-2H3,(H,29,30,32). The number of rotatable bonds is 4. The molecule has 2 aliphatic heterocycles. The van der Waals surface area contributed by atoms with Crippen LogP contribution in [-0.4, -0.2) is 51.9 Å². The molecule has 1 saturated carbocycles. The van der Waals surface area contributed by atoms with Gasteiger partial charge >= 0.3 is 5.92 Å². The van der Waals surface area contributed by atoms with Gasteiger partial charge < -0.3 is 24.8 Å². The maximum atomic E-state index is 14.8. The van der Waals surface area contributed by atoms with E-state index in [1.54, 1.807) is 30.1 Å². The van der Waals surface area contributed by atoms with Gasteiger partial charge in [0.2, 0.25) is 11.7 Å². The van der Waals surface area contributed by atoms with E-state index in [-0.39, 0.29) is 35.5 Å². The smallest absolute Gasteiger partial charge is 0.301 e. The molecule has 36 heavy (non-hydrogen) atoms. The summed E-state index contributed by atoms with van der Waals surface area (Å²) in [4.78, 5) is 23.3. The number of hydrogen-bond acceptors (Lipinski definition) is 7. The number of benzene rings is 1. The summed E-state index contributed by atoms with van der Waals surface area (Å²) in [6.07, 6.45) is 2.84. The van der Waals surface area contributed by atoms with Crippen molar-refractivity contribution < 1.29 is 17.9 Å². The van der Waals surface area contributed by atoms with E-state index in [1.807, 2.05) is 0 Å². The summed E-state index contributed by atoms with van der Waals surface area (Å²) in [7, 11) is 1.57. The Kier molecular flexibility index (Phi) is 5.09. The largest absolute Gasteiger partial charge is 0.480 e. The molecule has 1 aliphatic carbocycles. The number of ether oxygens (including phenoxy) is 1. The molecular weight excluding hydrogens is 497 g/mol. The lowest BCUT2D eigenvalue weighted by molar-refractivity contribution is -0.0579. The minimum atomic E-state index is -3.12. The van der Waals surface area contributed by atoms with Crippen LogP contribution in [-0.2, 0) is 7.05 Å². The molecule has 1 atom stereocenters. The van der Waals surface area contributed by atoms with Crippen molar-refractivity contribution in [3.05, 3.63) is 39.8 Å². The third kappa shape index (κ3) is 3.89. The number of alkyl halides is 3. The first kappa shape index (κ1) is 23.2. The average molecular weight is 521 g/mol. The Bertz CT molecular complexity index is 1430. The number of aryl methyl sites for hydroxylation is 1. The SMILES string of the molecule is Cn1c(=O)c2c(c3cc(Nc4nc(N5CC(C)(F)C5)ncc4Cl)ccc31)NC(C1CC1)C(F)(F)CO2. The molecule has 4 heterocycles. The molecule has 0 bridgehead atoms. The van der Waals surface area contributed by atoms with Gasteiger partial charge in [-0.1, -0.05) is 11.6 Å². The van der Waals surface area contributed by atoms with E-state index in [1.165, 1.54) is 17.7 Å². The molecule has 0 radical (unpaired) electrons. The Morgan fingerprint density at radius 1 is 1.25 bits per heavy atom. The van der Waals surface area contributed by atoms with Crippen molar-refractivity contribution in [1.29, 1.82) is 0 Å². The van der Waals surface area contributed by atoms with E-state index in [0.717, 1.165) is 0 Å². The van der Waals surface area contributed by atoms with Gasteiger partial charge in [-0.05, 0) is 43.9 Å². The fourth-order valence-corrected chi connectivity index (χ4v) is 5.05. The lowest BCUT2D eigenvalue weighted by atomic mass is 10.00. The lowest BCUT2D eigenvalue weighted by Crippen LogP contribution is -2.57. The number of aromatic nitrogens is 3. The number of nitrogens with zero attached hydrogens (tertiary/aromatic N) is 4. The van der Waals surface area contributed by atoms with Gasteiger partial charge in [-0.3, -0.25) is 4.79 Å².